The largest absolute Gasteiger partial charge is 0.357 e. The summed E-state index contributed by atoms with van der Waals surface area (Å²) >= 11 is 0. The quantitative estimate of drug-likeness (QED) is 0.334. The van der Waals surface area contributed by atoms with Gasteiger partial charge in [-0.3, -0.25) is 4.99 Å². The molecule has 0 bridgehead atoms. The van der Waals surface area contributed by atoms with E-state index >= 15 is 0 Å². The molecule has 0 aromatic rings. The van der Waals surface area contributed by atoms with Gasteiger partial charge in [-0.05, 0) is 57.3 Å². The van der Waals surface area contributed by atoms with E-state index in [1.54, 1.807) is 0 Å². The highest BCUT2D eigenvalue weighted by Crippen LogP contribution is 2.57. The lowest BCUT2D eigenvalue weighted by Gasteiger charge is -2.41. The third kappa shape index (κ3) is 6.76. The van der Waals surface area contributed by atoms with Gasteiger partial charge in [0.15, 0.2) is 5.96 Å². The highest BCUT2D eigenvalue weighted by Gasteiger charge is 2.48. The van der Waals surface area contributed by atoms with E-state index in [-0.39, 0.29) is 35.8 Å². The summed E-state index contributed by atoms with van der Waals surface area (Å²) in [6, 6.07) is 0.103. The van der Waals surface area contributed by atoms with Crippen molar-refractivity contribution in [3.8, 4) is 0 Å². The average Bonchev–Trinajstić information content (AvgIpc) is 3.19. The van der Waals surface area contributed by atoms with Crippen LogP contribution in [0.5, 0.6) is 0 Å². The molecule has 0 aromatic heterocycles. The predicted molar refractivity (Wildman–Crippen MR) is 107 cm³/mol. The van der Waals surface area contributed by atoms with Crippen molar-refractivity contribution in [2.24, 2.45) is 16.3 Å². The Kier molecular flexibility index (Phi) is 8.10. The summed E-state index contributed by atoms with van der Waals surface area (Å²) < 4.78 is 22.5. The molecule has 23 heavy (non-hydrogen) atoms. The van der Waals surface area contributed by atoms with E-state index in [1.165, 1.54) is 38.4 Å². The maximum absolute atomic E-state index is 11.3. The SMILES string of the molecule is CCNC(=NCC1(C2CC2)CCC1)NC(C)CCS(C)(=O)=O.I. The van der Waals surface area contributed by atoms with Gasteiger partial charge in [0.1, 0.15) is 9.84 Å². The molecule has 5 nitrogen and oxygen atoms in total. The van der Waals surface area contributed by atoms with Gasteiger partial charge in [0, 0.05) is 25.4 Å². The van der Waals surface area contributed by atoms with Crippen molar-refractivity contribution in [1.29, 1.82) is 0 Å². The molecule has 2 rings (SSSR count). The Morgan fingerprint density at radius 3 is 2.43 bits per heavy atom. The summed E-state index contributed by atoms with van der Waals surface area (Å²) in [5, 5.41) is 6.63. The van der Waals surface area contributed by atoms with E-state index in [4.69, 9.17) is 4.99 Å². The van der Waals surface area contributed by atoms with Gasteiger partial charge in [-0.2, -0.15) is 0 Å². The number of guanidine groups is 1. The number of hydrogen-bond acceptors (Lipinski definition) is 3. The summed E-state index contributed by atoms with van der Waals surface area (Å²) in [6.45, 7) is 5.79. The van der Waals surface area contributed by atoms with Crippen LogP contribution in [0, 0.1) is 11.3 Å². The van der Waals surface area contributed by atoms with Gasteiger partial charge in [0.2, 0.25) is 0 Å². The van der Waals surface area contributed by atoms with E-state index in [2.05, 4.69) is 17.6 Å². The van der Waals surface area contributed by atoms with Crippen LogP contribution in [0.4, 0.5) is 0 Å². The molecular weight excluding hydrogens is 425 g/mol. The van der Waals surface area contributed by atoms with Gasteiger partial charge in [0.25, 0.3) is 0 Å². The van der Waals surface area contributed by atoms with Crippen LogP contribution in [0.3, 0.4) is 0 Å². The molecule has 2 N–H and O–H groups in total. The van der Waals surface area contributed by atoms with E-state index in [0.29, 0.717) is 11.8 Å². The van der Waals surface area contributed by atoms with Crippen molar-refractivity contribution >= 4 is 39.8 Å². The van der Waals surface area contributed by atoms with Crippen LogP contribution in [0.1, 0.15) is 52.4 Å². The first-order valence-corrected chi connectivity index (χ1v) is 10.6. The van der Waals surface area contributed by atoms with E-state index < -0.39 is 9.84 Å². The number of nitrogens with one attached hydrogen (secondary N) is 2. The molecule has 2 aliphatic rings. The van der Waals surface area contributed by atoms with Crippen molar-refractivity contribution < 1.29 is 8.42 Å². The normalized spacial score (nSPS) is 21.8. The molecular formula is C16H32IN3O2S. The maximum atomic E-state index is 11.3. The number of halogens is 1. The summed E-state index contributed by atoms with van der Waals surface area (Å²) in [5.41, 5.74) is 0.471. The first-order valence-electron chi connectivity index (χ1n) is 8.57. The fourth-order valence-corrected chi connectivity index (χ4v) is 4.06. The molecule has 0 aliphatic heterocycles. The van der Waals surface area contributed by atoms with Crippen molar-refractivity contribution in [2.45, 2.75) is 58.4 Å². The van der Waals surface area contributed by atoms with Gasteiger partial charge in [-0.15, -0.1) is 24.0 Å². The first kappa shape index (κ1) is 21.0. The molecule has 1 atom stereocenters. The minimum atomic E-state index is -2.90. The Hall–Kier alpha value is -0.0500. The fourth-order valence-electron chi connectivity index (χ4n) is 3.28. The first-order chi connectivity index (χ1) is 10.3. The Balaban J connectivity index is 0.00000264. The van der Waals surface area contributed by atoms with Gasteiger partial charge in [-0.1, -0.05) is 6.42 Å². The summed E-state index contributed by atoms with van der Waals surface area (Å²) in [5.74, 6) is 1.94. The third-order valence-electron chi connectivity index (χ3n) is 4.99. The highest BCUT2D eigenvalue weighted by molar-refractivity contribution is 14.0. The smallest absolute Gasteiger partial charge is 0.191 e. The van der Waals surface area contributed by atoms with Gasteiger partial charge in [-0.25, -0.2) is 8.42 Å². The fraction of sp³-hybridized carbons (Fsp3) is 0.938. The lowest BCUT2D eigenvalue weighted by molar-refractivity contribution is 0.113. The number of hydrogen-bond donors (Lipinski definition) is 2. The van der Waals surface area contributed by atoms with Crippen LogP contribution in [-0.4, -0.2) is 45.5 Å². The average molecular weight is 457 g/mol. The topological polar surface area (TPSA) is 70.6 Å². The minimum Gasteiger partial charge on any atom is -0.357 e. The Morgan fingerprint density at radius 2 is 2.00 bits per heavy atom. The zero-order chi connectivity index (χ0) is 16.2. The second-order valence-corrected chi connectivity index (χ2v) is 9.41. The van der Waals surface area contributed by atoms with Crippen LogP contribution < -0.4 is 10.6 Å². The van der Waals surface area contributed by atoms with E-state index in [9.17, 15) is 8.42 Å². The lowest BCUT2D eigenvalue weighted by atomic mass is 9.65. The monoisotopic (exact) mass is 457 g/mol. The lowest BCUT2D eigenvalue weighted by Crippen LogP contribution is -2.44. The Labute approximate surface area is 158 Å². The molecule has 0 saturated heterocycles. The highest BCUT2D eigenvalue weighted by atomic mass is 127. The van der Waals surface area contributed by atoms with Crippen molar-refractivity contribution in [2.75, 3.05) is 25.1 Å². The molecule has 0 radical (unpaired) electrons. The molecule has 0 aromatic carbocycles. The standard InChI is InChI=1S/C16H31N3O2S.HI/c1-4-17-15(19-13(2)8-11-22(3,20)21)18-12-16(9-5-10-16)14-6-7-14;/h13-14H,4-12H2,1-3H3,(H2,17,18,19);1H. The molecule has 7 heteroatoms. The Morgan fingerprint density at radius 1 is 1.35 bits per heavy atom. The van der Waals surface area contributed by atoms with Crippen LogP contribution in [-0.2, 0) is 9.84 Å². The molecule has 2 fully saturated rings. The second-order valence-electron chi connectivity index (χ2n) is 7.15. The number of sulfone groups is 1. The second kappa shape index (κ2) is 8.87. The number of aliphatic imine (C=N–C) groups is 1. The van der Waals surface area contributed by atoms with E-state index in [1.807, 2.05) is 6.92 Å². The summed E-state index contributed by atoms with van der Waals surface area (Å²) in [4.78, 5) is 4.80. The number of nitrogens with zero attached hydrogens (tertiary/aromatic N) is 1. The molecule has 0 spiro atoms. The van der Waals surface area contributed by atoms with E-state index in [0.717, 1.165) is 25.0 Å². The zero-order valence-corrected chi connectivity index (χ0v) is 17.7. The molecule has 2 saturated carbocycles. The molecule has 1 unspecified atom stereocenters. The van der Waals surface area contributed by atoms with Crippen LogP contribution in [0.2, 0.25) is 0 Å². The van der Waals surface area contributed by atoms with Crippen LogP contribution in [0.15, 0.2) is 4.99 Å². The number of rotatable bonds is 8. The van der Waals surface area contributed by atoms with Crippen LogP contribution in [0.25, 0.3) is 0 Å². The Bertz CT molecular complexity index is 499. The zero-order valence-electron chi connectivity index (χ0n) is 14.6. The van der Waals surface area contributed by atoms with Crippen LogP contribution >= 0.6 is 24.0 Å². The van der Waals surface area contributed by atoms with Gasteiger partial charge < -0.3 is 10.6 Å². The van der Waals surface area contributed by atoms with Gasteiger partial charge in [0.05, 0.1) is 5.75 Å². The molecule has 0 amide bonds. The van der Waals surface area contributed by atoms with Crippen molar-refractivity contribution in [1.82, 2.24) is 10.6 Å². The van der Waals surface area contributed by atoms with Gasteiger partial charge >= 0.3 is 0 Å². The van der Waals surface area contributed by atoms with Crippen molar-refractivity contribution in [3.05, 3.63) is 0 Å². The maximum Gasteiger partial charge on any atom is 0.191 e. The van der Waals surface area contributed by atoms with Crippen molar-refractivity contribution in [3.63, 3.8) is 0 Å². The molecule has 0 heterocycles. The molecule has 136 valence electrons. The predicted octanol–water partition coefficient (Wildman–Crippen LogP) is 2.56. The molecule has 2 aliphatic carbocycles. The summed E-state index contributed by atoms with van der Waals surface area (Å²) in [6.07, 6.45) is 8.65. The summed E-state index contributed by atoms with van der Waals surface area (Å²) in [7, 11) is -2.90. The minimum absolute atomic E-state index is 0. The third-order valence-corrected chi connectivity index (χ3v) is 5.97.